The van der Waals surface area contributed by atoms with Crippen molar-refractivity contribution in [3.63, 3.8) is 0 Å². The van der Waals surface area contributed by atoms with Crippen LogP contribution in [0, 0.1) is 17.5 Å². The molecule has 1 aliphatic rings. The molecule has 1 aliphatic heterocycles. The number of amides is 1. The van der Waals surface area contributed by atoms with E-state index in [0.717, 1.165) is 25.0 Å². The van der Waals surface area contributed by atoms with E-state index in [1.165, 1.54) is 0 Å². The van der Waals surface area contributed by atoms with Crippen molar-refractivity contribution in [2.45, 2.75) is 18.9 Å². The van der Waals surface area contributed by atoms with E-state index in [0.29, 0.717) is 13.1 Å². The Kier molecular flexibility index (Phi) is 4.61. The van der Waals surface area contributed by atoms with Gasteiger partial charge in [-0.3, -0.25) is 9.69 Å². The molecule has 0 bridgehead atoms. The van der Waals surface area contributed by atoms with Crippen molar-refractivity contribution in [3.8, 4) is 0 Å². The van der Waals surface area contributed by atoms with Crippen LogP contribution in [0.4, 0.5) is 18.9 Å². The summed E-state index contributed by atoms with van der Waals surface area (Å²) in [5, 5.41) is 2.35. The smallest absolute Gasteiger partial charge is 0.238 e. The molecule has 20 heavy (non-hydrogen) atoms. The fraction of sp³-hybridized carbons (Fsp3) is 0.462. The van der Waals surface area contributed by atoms with Gasteiger partial charge in [-0.15, -0.1) is 0 Å². The summed E-state index contributed by atoms with van der Waals surface area (Å²) in [7, 11) is 0. The topological polar surface area (TPSA) is 58.4 Å². The first-order valence-electron chi connectivity index (χ1n) is 6.38. The Balaban J connectivity index is 1.91. The third-order valence-electron chi connectivity index (χ3n) is 3.27. The summed E-state index contributed by atoms with van der Waals surface area (Å²) >= 11 is 0. The van der Waals surface area contributed by atoms with Crippen LogP contribution in [-0.4, -0.2) is 36.5 Å². The van der Waals surface area contributed by atoms with Crippen molar-refractivity contribution in [1.29, 1.82) is 0 Å². The lowest BCUT2D eigenvalue weighted by Crippen LogP contribution is -2.43. The van der Waals surface area contributed by atoms with Crippen molar-refractivity contribution in [1.82, 2.24) is 4.90 Å². The normalized spacial score (nSPS) is 17.2. The van der Waals surface area contributed by atoms with Crippen molar-refractivity contribution >= 4 is 11.6 Å². The van der Waals surface area contributed by atoms with E-state index < -0.39 is 23.4 Å². The Labute approximate surface area is 114 Å². The Morgan fingerprint density at radius 3 is 2.35 bits per heavy atom. The molecule has 0 radical (unpaired) electrons. The van der Waals surface area contributed by atoms with Gasteiger partial charge in [0.05, 0.1) is 6.54 Å². The van der Waals surface area contributed by atoms with E-state index in [1.54, 1.807) is 0 Å². The van der Waals surface area contributed by atoms with E-state index in [9.17, 15) is 18.0 Å². The van der Waals surface area contributed by atoms with E-state index in [2.05, 4.69) is 5.32 Å². The number of piperidine rings is 1. The van der Waals surface area contributed by atoms with Gasteiger partial charge < -0.3 is 11.1 Å². The summed E-state index contributed by atoms with van der Waals surface area (Å²) in [6.07, 6.45) is 1.63. The molecule has 1 fully saturated rings. The highest BCUT2D eigenvalue weighted by atomic mass is 19.2. The highest BCUT2D eigenvalue weighted by Gasteiger charge is 2.19. The summed E-state index contributed by atoms with van der Waals surface area (Å²) in [4.78, 5) is 13.7. The SMILES string of the molecule is NC1CCN(CC(=O)Nc2cc(F)c(F)c(F)c2)CC1. The Hall–Kier alpha value is -1.60. The van der Waals surface area contributed by atoms with Gasteiger partial charge in [-0.2, -0.15) is 0 Å². The number of nitrogens with one attached hydrogen (secondary N) is 1. The summed E-state index contributed by atoms with van der Waals surface area (Å²) < 4.78 is 38.8. The number of carbonyl (C=O) groups is 1. The number of nitrogens with zero attached hydrogens (tertiary/aromatic N) is 1. The first-order valence-corrected chi connectivity index (χ1v) is 6.38. The van der Waals surface area contributed by atoms with Crippen LogP contribution in [0.25, 0.3) is 0 Å². The number of rotatable bonds is 3. The first kappa shape index (κ1) is 14.8. The van der Waals surface area contributed by atoms with Crippen molar-refractivity contribution in [3.05, 3.63) is 29.6 Å². The maximum Gasteiger partial charge on any atom is 0.238 e. The Bertz CT molecular complexity index is 479. The molecule has 1 aromatic carbocycles. The zero-order valence-electron chi connectivity index (χ0n) is 10.8. The fourth-order valence-electron chi connectivity index (χ4n) is 2.14. The summed E-state index contributed by atoms with van der Waals surface area (Å²) in [6, 6.07) is 1.67. The van der Waals surface area contributed by atoms with E-state index in [4.69, 9.17) is 5.73 Å². The molecule has 0 spiro atoms. The molecule has 0 atom stereocenters. The first-order chi connectivity index (χ1) is 9.45. The van der Waals surface area contributed by atoms with E-state index in [1.807, 2.05) is 4.90 Å². The van der Waals surface area contributed by atoms with Crippen LogP contribution in [0.1, 0.15) is 12.8 Å². The molecule has 1 heterocycles. The lowest BCUT2D eigenvalue weighted by Gasteiger charge is -2.29. The zero-order valence-corrected chi connectivity index (χ0v) is 10.8. The highest BCUT2D eigenvalue weighted by molar-refractivity contribution is 5.92. The number of hydrogen-bond donors (Lipinski definition) is 2. The van der Waals surface area contributed by atoms with Gasteiger partial charge in [-0.25, -0.2) is 13.2 Å². The number of anilines is 1. The molecular formula is C13H16F3N3O. The summed E-state index contributed by atoms with van der Waals surface area (Å²) in [5.41, 5.74) is 5.66. The molecule has 1 aromatic rings. The predicted molar refractivity (Wildman–Crippen MR) is 68.6 cm³/mol. The van der Waals surface area contributed by atoms with E-state index in [-0.39, 0.29) is 18.3 Å². The Morgan fingerprint density at radius 1 is 1.25 bits per heavy atom. The van der Waals surface area contributed by atoms with Gasteiger partial charge in [0.1, 0.15) is 0 Å². The van der Waals surface area contributed by atoms with Crippen LogP contribution in [0.15, 0.2) is 12.1 Å². The number of benzene rings is 1. The quantitative estimate of drug-likeness (QED) is 0.828. The number of likely N-dealkylation sites (tertiary alicyclic amines) is 1. The molecule has 0 unspecified atom stereocenters. The van der Waals surface area contributed by atoms with Crippen molar-refractivity contribution in [2.24, 2.45) is 5.73 Å². The molecule has 3 N–H and O–H groups in total. The largest absolute Gasteiger partial charge is 0.328 e. The van der Waals surface area contributed by atoms with Gasteiger partial charge in [0.2, 0.25) is 5.91 Å². The molecule has 1 saturated heterocycles. The average Bonchev–Trinajstić information content (AvgIpc) is 2.38. The fourth-order valence-corrected chi connectivity index (χ4v) is 2.14. The second-order valence-corrected chi connectivity index (χ2v) is 4.92. The molecule has 4 nitrogen and oxygen atoms in total. The maximum atomic E-state index is 13.0. The number of carbonyl (C=O) groups excluding carboxylic acids is 1. The van der Waals surface area contributed by atoms with Crippen molar-refractivity contribution < 1.29 is 18.0 Å². The van der Waals surface area contributed by atoms with Crippen LogP contribution in [-0.2, 0) is 4.79 Å². The van der Waals surface area contributed by atoms with Crippen LogP contribution in [0.3, 0.4) is 0 Å². The second kappa shape index (κ2) is 6.23. The maximum absolute atomic E-state index is 13.0. The molecule has 0 aromatic heterocycles. The minimum absolute atomic E-state index is 0.0971. The monoisotopic (exact) mass is 287 g/mol. The lowest BCUT2D eigenvalue weighted by atomic mass is 10.1. The number of nitrogens with two attached hydrogens (primary N) is 1. The molecule has 2 rings (SSSR count). The summed E-state index contributed by atoms with van der Waals surface area (Å²) in [5.74, 6) is -4.60. The van der Waals surface area contributed by atoms with Crippen LogP contribution < -0.4 is 11.1 Å². The van der Waals surface area contributed by atoms with Gasteiger partial charge in [0, 0.05) is 37.0 Å². The van der Waals surface area contributed by atoms with Crippen LogP contribution in [0.5, 0.6) is 0 Å². The standard InChI is InChI=1S/C13H16F3N3O/c14-10-5-9(6-11(15)13(10)16)18-12(20)7-19-3-1-8(17)2-4-19/h5-6,8H,1-4,7,17H2,(H,18,20). The van der Waals surface area contributed by atoms with Gasteiger partial charge in [-0.1, -0.05) is 0 Å². The highest BCUT2D eigenvalue weighted by Crippen LogP contribution is 2.17. The molecule has 0 aliphatic carbocycles. The number of halogens is 3. The van der Waals surface area contributed by atoms with Gasteiger partial charge in [0.15, 0.2) is 17.5 Å². The average molecular weight is 287 g/mol. The lowest BCUT2D eigenvalue weighted by molar-refractivity contribution is -0.117. The van der Waals surface area contributed by atoms with Crippen LogP contribution >= 0.6 is 0 Å². The van der Waals surface area contributed by atoms with Gasteiger partial charge in [-0.05, 0) is 12.8 Å². The minimum Gasteiger partial charge on any atom is -0.328 e. The van der Waals surface area contributed by atoms with Gasteiger partial charge >= 0.3 is 0 Å². The predicted octanol–water partition coefficient (Wildman–Crippen LogP) is 1.47. The third kappa shape index (κ3) is 3.71. The molecule has 110 valence electrons. The molecule has 1 amide bonds. The van der Waals surface area contributed by atoms with Gasteiger partial charge in [0.25, 0.3) is 0 Å². The number of hydrogen-bond acceptors (Lipinski definition) is 3. The second-order valence-electron chi connectivity index (χ2n) is 4.92. The molecule has 7 heteroatoms. The molecular weight excluding hydrogens is 271 g/mol. The molecule has 0 saturated carbocycles. The Morgan fingerprint density at radius 2 is 1.80 bits per heavy atom. The summed E-state index contributed by atoms with van der Waals surface area (Å²) in [6.45, 7) is 1.54. The third-order valence-corrected chi connectivity index (χ3v) is 3.27. The minimum atomic E-state index is -1.55. The van der Waals surface area contributed by atoms with Crippen molar-refractivity contribution in [2.75, 3.05) is 25.0 Å². The van der Waals surface area contributed by atoms with E-state index >= 15 is 0 Å². The zero-order chi connectivity index (χ0) is 14.7. The van der Waals surface area contributed by atoms with Crippen LogP contribution in [0.2, 0.25) is 0 Å².